The molecule has 0 unspecified atom stereocenters. The summed E-state index contributed by atoms with van der Waals surface area (Å²) in [6.07, 6.45) is 11.9. The Kier molecular flexibility index (Phi) is 5.25. The second kappa shape index (κ2) is 5.99. The van der Waals surface area contributed by atoms with Gasteiger partial charge >= 0.3 is 0 Å². The molecule has 0 radical (unpaired) electrons. The van der Waals surface area contributed by atoms with Crippen molar-refractivity contribution in [2.24, 2.45) is 5.73 Å². The fraction of sp³-hybridized carbons (Fsp3) is 0. The van der Waals surface area contributed by atoms with Crippen LogP contribution in [0.15, 0.2) is 48.6 Å². The van der Waals surface area contributed by atoms with E-state index < -0.39 is 0 Å². The lowest BCUT2D eigenvalue weighted by Gasteiger charge is -1.96. The van der Waals surface area contributed by atoms with Crippen molar-refractivity contribution < 1.29 is 0 Å². The van der Waals surface area contributed by atoms with E-state index in [1.807, 2.05) is 0 Å². The summed E-state index contributed by atoms with van der Waals surface area (Å²) in [5.41, 5.74) is 6.70. The van der Waals surface area contributed by atoms with Crippen LogP contribution in [0.1, 0.15) is 0 Å². The fourth-order valence-electron chi connectivity index (χ4n) is 0.662. The molecule has 0 amide bonds. The Labute approximate surface area is 84.3 Å². The van der Waals surface area contributed by atoms with Crippen molar-refractivity contribution in [2.45, 2.75) is 0 Å². The van der Waals surface area contributed by atoms with Gasteiger partial charge < -0.3 is 5.73 Å². The molecular formula is C11H11NS. The lowest BCUT2D eigenvalue weighted by molar-refractivity contribution is 1.65. The molecule has 1 nitrogen and oxygen atoms in total. The molecule has 0 rings (SSSR count). The zero-order valence-corrected chi connectivity index (χ0v) is 8.10. The first-order valence-electron chi connectivity index (χ1n) is 3.59. The van der Waals surface area contributed by atoms with E-state index in [1.54, 1.807) is 24.3 Å². The molecule has 0 heterocycles. The van der Waals surface area contributed by atoms with E-state index in [2.05, 4.69) is 19.1 Å². The van der Waals surface area contributed by atoms with Gasteiger partial charge in [-0.15, -0.1) is 6.42 Å². The average Bonchev–Trinajstić information content (AvgIpc) is 2.11. The molecule has 66 valence electrons. The maximum Gasteiger partial charge on any atom is 0.112 e. The Hall–Kier alpha value is -1.59. The predicted molar refractivity (Wildman–Crippen MR) is 62.2 cm³/mol. The first-order valence-corrected chi connectivity index (χ1v) is 3.99. The van der Waals surface area contributed by atoms with Gasteiger partial charge in [-0.25, -0.2) is 0 Å². The van der Waals surface area contributed by atoms with Gasteiger partial charge in [-0.05, 0) is 11.6 Å². The summed E-state index contributed by atoms with van der Waals surface area (Å²) in [7, 11) is 0. The number of allylic oxidation sites excluding steroid dienone is 5. The standard InChI is InChI=1S/C11H11NS/c1-4-7-9(5-2)8-10(6-3)11(12)13/h3-5,7-8H,1-2H2,(H2,12,13)/b9-7+,10-8+. The Morgan fingerprint density at radius 3 is 2.38 bits per heavy atom. The Balaban J connectivity index is 4.99. The van der Waals surface area contributed by atoms with Crippen molar-refractivity contribution in [3.8, 4) is 12.3 Å². The highest BCUT2D eigenvalue weighted by molar-refractivity contribution is 7.80. The van der Waals surface area contributed by atoms with E-state index in [0.29, 0.717) is 5.57 Å². The van der Waals surface area contributed by atoms with Gasteiger partial charge in [-0.2, -0.15) is 0 Å². The summed E-state index contributed by atoms with van der Waals surface area (Å²) < 4.78 is 0. The first-order chi connectivity index (χ1) is 6.15. The maximum absolute atomic E-state index is 5.38. The van der Waals surface area contributed by atoms with Gasteiger partial charge in [0.1, 0.15) is 4.99 Å². The minimum Gasteiger partial charge on any atom is -0.389 e. The molecule has 0 aromatic carbocycles. The lowest BCUT2D eigenvalue weighted by Crippen LogP contribution is -2.09. The lowest BCUT2D eigenvalue weighted by atomic mass is 10.1. The third-order valence-corrected chi connectivity index (χ3v) is 1.50. The van der Waals surface area contributed by atoms with Crippen molar-refractivity contribution in [3.63, 3.8) is 0 Å². The Morgan fingerprint density at radius 2 is 2.08 bits per heavy atom. The summed E-state index contributed by atoms with van der Waals surface area (Å²) in [6.45, 7) is 7.17. The largest absolute Gasteiger partial charge is 0.389 e. The van der Waals surface area contributed by atoms with Crippen molar-refractivity contribution in [3.05, 3.63) is 48.6 Å². The summed E-state index contributed by atoms with van der Waals surface area (Å²) >= 11 is 4.75. The Morgan fingerprint density at radius 1 is 1.46 bits per heavy atom. The van der Waals surface area contributed by atoms with Crippen molar-refractivity contribution >= 4 is 17.2 Å². The second-order valence-corrected chi connectivity index (χ2v) is 2.61. The number of nitrogens with two attached hydrogens (primary N) is 1. The average molecular weight is 189 g/mol. The number of hydrogen-bond acceptors (Lipinski definition) is 1. The zero-order chi connectivity index (χ0) is 10.3. The van der Waals surface area contributed by atoms with Crippen LogP contribution < -0.4 is 5.73 Å². The van der Waals surface area contributed by atoms with Crippen LogP contribution in [0.4, 0.5) is 0 Å². The van der Waals surface area contributed by atoms with Gasteiger partial charge in [-0.1, -0.05) is 49.5 Å². The molecule has 0 aromatic heterocycles. The van der Waals surface area contributed by atoms with E-state index in [9.17, 15) is 0 Å². The smallest absolute Gasteiger partial charge is 0.112 e. The van der Waals surface area contributed by atoms with E-state index in [1.165, 1.54) is 0 Å². The molecule has 0 spiro atoms. The van der Waals surface area contributed by atoms with E-state index >= 15 is 0 Å². The van der Waals surface area contributed by atoms with Crippen LogP contribution in [0.5, 0.6) is 0 Å². The van der Waals surface area contributed by atoms with Crippen molar-refractivity contribution in [1.82, 2.24) is 0 Å². The van der Waals surface area contributed by atoms with Gasteiger partial charge in [0, 0.05) is 0 Å². The number of terminal acetylenes is 1. The molecule has 2 heteroatoms. The first kappa shape index (κ1) is 11.4. The Bertz CT molecular complexity index is 326. The number of rotatable bonds is 4. The highest BCUT2D eigenvalue weighted by Crippen LogP contribution is 2.03. The van der Waals surface area contributed by atoms with E-state index in [0.717, 1.165) is 5.57 Å². The normalized spacial score (nSPS) is 11.6. The predicted octanol–water partition coefficient (Wildman–Crippen LogP) is 2.13. The van der Waals surface area contributed by atoms with E-state index in [4.69, 9.17) is 24.4 Å². The molecule has 0 aliphatic carbocycles. The maximum atomic E-state index is 5.38. The third-order valence-electron chi connectivity index (χ3n) is 1.28. The molecule has 0 atom stereocenters. The van der Waals surface area contributed by atoms with Crippen LogP contribution in [0.3, 0.4) is 0 Å². The molecule has 13 heavy (non-hydrogen) atoms. The number of thiocarbonyl (C=S) groups is 1. The highest BCUT2D eigenvalue weighted by Gasteiger charge is 1.95. The molecule has 0 bridgehead atoms. The molecular weight excluding hydrogens is 178 g/mol. The van der Waals surface area contributed by atoms with Crippen LogP contribution in [0.2, 0.25) is 0 Å². The van der Waals surface area contributed by atoms with Gasteiger partial charge in [0.2, 0.25) is 0 Å². The van der Waals surface area contributed by atoms with Crippen LogP contribution in [-0.4, -0.2) is 4.99 Å². The molecule has 2 N–H and O–H groups in total. The van der Waals surface area contributed by atoms with Crippen molar-refractivity contribution in [2.75, 3.05) is 0 Å². The number of hydrogen-bond donors (Lipinski definition) is 1. The zero-order valence-electron chi connectivity index (χ0n) is 7.29. The molecule has 0 saturated heterocycles. The van der Waals surface area contributed by atoms with E-state index in [-0.39, 0.29) is 4.99 Å². The second-order valence-electron chi connectivity index (χ2n) is 2.17. The third kappa shape index (κ3) is 4.09. The monoisotopic (exact) mass is 189 g/mol. The highest BCUT2D eigenvalue weighted by atomic mass is 32.1. The SMILES string of the molecule is C#C/C(=C\C(C=C)=C\C=C)C(N)=S. The summed E-state index contributed by atoms with van der Waals surface area (Å²) in [4.78, 5) is 0.208. The summed E-state index contributed by atoms with van der Waals surface area (Å²) in [5, 5.41) is 0. The van der Waals surface area contributed by atoms with Crippen LogP contribution in [0, 0.1) is 12.3 Å². The van der Waals surface area contributed by atoms with Crippen LogP contribution in [-0.2, 0) is 0 Å². The molecule has 0 saturated carbocycles. The minimum absolute atomic E-state index is 0.208. The molecule has 0 aliphatic heterocycles. The van der Waals surface area contributed by atoms with Gasteiger partial charge in [0.25, 0.3) is 0 Å². The van der Waals surface area contributed by atoms with Gasteiger partial charge in [0.15, 0.2) is 0 Å². The minimum atomic E-state index is 0.208. The molecule has 0 fully saturated rings. The van der Waals surface area contributed by atoms with Crippen LogP contribution in [0.25, 0.3) is 0 Å². The van der Waals surface area contributed by atoms with Crippen LogP contribution >= 0.6 is 12.2 Å². The van der Waals surface area contributed by atoms with Crippen molar-refractivity contribution in [1.29, 1.82) is 0 Å². The van der Waals surface area contributed by atoms with Gasteiger partial charge in [0.05, 0.1) is 5.57 Å². The molecule has 0 aromatic rings. The quantitative estimate of drug-likeness (QED) is 0.317. The molecule has 0 aliphatic rings. The summed E-state index contributed by atoms with van der Waals surface area (Å²) in [5.74, 6) is 2.40. The van der Waals surface area contributed by atoms with Gasteiger partial charge in [-0.3, -0.25) is 0 Å². The fourth-order valence-corrected chi connectivity index (χ4v) is 0.780. The topological polar surface area (TPSA) is 26.0 Å². The summed E-state index contributed by atoms with van der Waals surface area (Å²) in [6, 6.07) is 0.